The summed E-state index contributed by atoms with van der Waals surface area (Å²) in [5.41, 5.74) is 1.66. The van der Waals surface area contributed by atoms with E-state index in [0.29, 0.717) is 55.1 Å². The number of amides is 1. The van der Waals surface area contributed by atoms with Gasteiger partial charge in [-0.05, 0) is 61.2 Å². The third-order valence-electron chi connectivity index (χ3n) is 7.35. The average Bonchev–Trinajstić information content (AvgIpc) is 3.67. The number of carbonyl (C=O) groups excluding carboxylic acids is 1. The predicted molar refractivity (Wildman–Crippen MR) is 143 cm³/mol. The zero-order valence-electron chi connectivity index (χ0n) is 21.2. The fourth-order valence-corrected chi connectivity index (χ4v) is 6.33. The van der Waals surface area contributed by atoms with Gasteiger partial charge in [0.1, 0.15) is 22.3 Å². The molecule has 4 aromatic rings. The second-order valence-corrected chi connectivity index (χ2v) is 11.7. The molecule has 2 aliphatic rings. The molecule has 1 amide bonds. The van der Waals surface area contributed by atoms with Crippen LogP contribution in [-0.4, -0.2) is 59.8 Å². The largest absolute Gasteiger partial charge is 0.391 e. The summed E-state index contributed by atoms with van der Waals surface area (Å²) in [6.07, 6.45) is 5.78. The van der Waals surface area contributed by atoms with Crippen LogP contribution in [0.4, 0.5) is 20.3 Å². The zero-order chi connectivity index (χ0) is 28.0. The molecule has 2 atom stereocenters. The molecule has 0 bridgehead atoms. The van der Waals surface area contributed by atoms with E-state index in [1.165, 1.54) is 41.2 Å². The van der Waals surface area contributed by atoms with Crippen LogP contribution in [0.1, 0.15) is 41.2 Å². The molecule has 0 unspecified atom stereocenters. The third kappa shape index (κ3) is 4.97. The van der Waals surface area contributed by atoms with Crippen molar-refractivity contribution in [1.29, 1.82) is 0 Å². The Kier molecular flexibility index (Phi) is 6.62. The lowest BCUT2D eigenvalue weighted by Gasteiger charge is -2.27. The van der Waals surface area contributed by atoms with Crippen LogP contribution in [0.15, 0.2) is 66.0 Å². The highest BCUT2D eigenvalue weighted by molar-refractivity contribution is 7.90. The Hall–Kier alpha value is -4.10. The maximum absolute atomic E-state index is 13.9. The number of rotatable bonds is 6. The highest BCUT2D eigenvalue weighted by atomic mass is 32.2. The molecule has 3 aromatic heterocycles. The number of nitrogens with zero attached hydrogens (tertiary/aromatic N) is 5. The smallest absolute Gasteiger partial charge is 0.268 e. The fourth-order valence-electron chi connectivity index (χ4n) is 5.42. The van der Waals surface area contributed by atoms with Gasteiger partial charge in [0.2, 0.25) is 0 Å². The summed E-state index contributed by atoms with van der Waals surface area (Å²) in [5.74, 6) is -1.61. The van der Waals surface area contributed by atoms with Gasteiger partial charge in [-0.1, -0.05) is 0 Å². The summed E-state index contributed by atoms with van der Waals surface area (Å²) in [6, 6.07) is 9.62. The molecule has 0 spiro atoms. The van der Waals surface area contributed by atoms with E-state index in [1.807, 2.05) is 9.80 Å². The molecule has 208 valence electrons. The second kappa shape index (κ2) is 10.1. The van der Waals surface area contributed by atoms with Crippen molar-refractivity contribution in [3.8, 4) is 0 Å². The van der Waals surface area contributed by atoms with E-state index in [1.54, 1.807) is 18.3 Å². The molecule has 6 rings (SSSR count). The van der Waals surface area contributed by atoms with Crippen molar-refractivity contribution in [2.75, 3.05) is 29.4 Å². The van der Waals surface area contributed by atoms with E-state index in [2.05, 4.69) is 14.8 Å². The van der Waals surface area contributed by atoms with Gasteiger partial charge >= 0.3 is 0 Å². The van der Waals surface area contributed by atoms with Crippen molar-refractivity contribution in [2.24, 2.45) is 0 Å². The van der Waals surface area contributed by atoms with Crippen molar-refractivity contribution in [2.45, 2.75) is 36.3 Å². The topological polar surface area (TPSA) is 120 Å². The van der Waals surface area contributed by atoms with Crippen molar-refractivity contribution >= 4 is 33.0 Å². The molecule has 13 heteroatoms. The lowest BCUT2D eigenvalue weighted by Crippen LogP contribution is -2.31. The Morgan fingerprint density at radius 3 is 2.52 bits per heavy atom. The molecule has 1 aromatic carbocycles. The number of β-amino-alcohol motifs (C(OH)–C–C–N with tert-alkyl or cyclic N) is 1. The lowest BCUT2D eigenvalue weighted by atomic mass is 10.0. The normalized spacial score (nSPS) is 19.5. The van der Waals surface area contributed by atoms with Crippen LogP contribution in [0.2, 0.25) is 0 Å². The number of halogens is 2. The first kappa shape index (κ1) is 26.1. The number of hydrogen-bond acceptors (Lipinski definition) is 8. The summed E-state index contributed by atoms with van der Waals surface area (Å²) in [7, 11) is -4.23. The number of aliphatic hydroxyl groups is 1. The lowest BCUT2D eigenvalue weighted by molar-refractivity contribution is 0.0983. The Morgan fingerprint density at radius 1 is 1.02 bits per heavy atom. The molecular formula is C27H26F2N6O4S. The van der Waals surface area contributed by atoms with Gasteiger partial charge in [-0.15, -0.1) is 0 Å². The predicted octanol–water partition coefficient (Wildman–Crippen LogP) is 3.04. The number of pyridine rings is 2. The first-order valence-corrected chi connectivity index (χ1v) is 14.3. The van der Waals surface area contributed by atoms with Crippen LogP contribution in [0.3, 0.4) is 0 Å². The van der Waals surface area contributed by atoms with Crippen molar-refractivity contribution in [1.82, 2.24) is 19.3 Å². The van der Waals surface area contributed by atoms with E-state index in [4.69, 9.17) is 0 Å². The first-order valence-electron chi connectivity index (χ1n) is 12.8. The first-order chi connectivity index (χ1) is 19.2. The van der Waals surface area contributed by atoms with E-state index >= 15 is 0 Å². The molecule has 2 N–H and O–H groups in total. The molecule has 0 aliphatic carbocycles. The summed E-state index contributed by atoms with van der Waals surface area (Å²) in [4.78, 5) is 21.0. The Bertz CT molecular complexity index is 1670. The number of sulfonamides is 1. The number of benzene rings is 1. The van der Waals surface area contributed by atoms with E-state index < -0.39 is 33.7 Å². The van der Waals surface area contributed by atoms with E-state index in [9.17, 15) is 27.1 Å². The van der Waals surface area contributed by atoms with Crippen LogP contribution in [0, 0.1) is 11.6 Å². The summed E-state index contributed by atoms with van der Waals surface area (Å²) < 4.78 is 57.3. The van der Waals surface area contributed by atoms with Crippen LogP contribution in [-0.2, 0) is 10.0 Å². The van der Waals surface area contributed by atoms with Gasteiger partial charge in [0.05, 0.1) is 29.4 Å². The van der Waals surface area contributed by atoms with Gasteiger partial charge in [-0.25, -0.2) is 31.4 Å². The number of nitrogens with one attached hydrogen (secondary N) is 1. The molecule has 0 radical (unpaired) electrons. The number of anilines is 2. The molecule has 2 aliphatic heterocycles. The monoisotopic (exact) mass is 568 g/mol. The van der Waals surface area contributed by atoms with Gasteiger partial charge in [-0.2, -0.15) is 5.10 Å². The van der Waals surface area contributed by atoms with Crippen LogP contribution in [0.5, 0.6) is 0 Å². The minimum atomic E-state index is -4.23. The standard InChI is InChI=1S/C27H26F2N6O4S/c28-18-10-17(11-19(29)12-18)24-2-1-7-34(24)20-5-9-35-25(13-20)23(15-31-35)27(37)32-40(38,39)22-3-4-26(30-14-22)33-8-6-21(36)16-33/h3-5,9-15,21,24,36H,1-2,6-8,16H2,(H,32,37)/t21-,24+/m0/s1. The van der Waals surface area contributed by atoms with Crippen molar-refractivity contribution in [3.05, 3.63) is 83.8 Å². The van der Waals surface area contributed by atoms with Crippen LogP contribution >= 0.6 is 0 Å². The Labute approximate surface area is 228 Å². The zero-order valence-corrected chi connectivity index (χ0v) is 22.1. The summed E-state index contributed by atoms with van der Waals surface area (Å²) in [5, 5.41) is 13.9. The third-order valence-corrected chi connectivity index (χ3v) is 8.67. The maximum atomic E-state index is 13.9. The van der Waals surface area contributed by atoms with Gasteiger partial charge < -0.3 is 14.9 Å². The number of fused-ring (bicyclic) bond motifs is 1. The minimum Gasteiger partial charge on any atom is -0.391 e. The van der Waals surface area contributed by atoms with Gasteiger partial charge in [-0.3, -0.25) is 4.79 Å². The molecule has 0 saturated carbocycles. The molecule has 40 heavy (non-hydrogen) atoms. The molecule has 2 saturated heterocycles. The van der Waals surface area contributed by atoms with E-state index in [-0.39, 0.29) is 16.5 Å². The SMILES string of the molecule is O=C(NS(=O)(=O)c1ccc(N2CC[C@H](O)C2)nc1)c1cnn2ccc(N3CCC[C@@H]3c3cc(F)cc(F)c3)cc12. The van der Waals surface area contributed by atoms with Crippen molar-refractivity contribution < 1.29 is 27.1 Å². The second-order valence-electron chi connectivity index (χ2n) is 10.0. The average molecular weight is 569 g/mol. The van der Waals surface area contributed by atoms with Gasteiger partial charge in [0, 0.05) is 43.8 Å². The molecule has 2 fully saturated rings. The molecule has 5 heterocycles. The molecular weight excluding hydrogens is 542 g/mol. The fraction of sp³-hybridized carbons (Fsp3) is 0.296. The number of aliphatic hydroxyl groups excluding tert-OH is 1. The van der Waals surface area contributed by atoms with Crippen LogP contribution in [0.25, 0.3) is 5.52 Å². The highest BCUT2D eigenvalue weighted by Crippen LogP contribution is 2.37. The van der Waals surface area contributed by atoms with E-state index in [0.717, 1.165) is 12.5 Å². The number of aromatic nitrogens is 3. The quantitative estimate of drug-likeness (QED) is 0.364. The number of carbonyl (C=O) groups is 1. The maximum Gasteiger partial charge on any atom is 0.268 e. The Balaban J connectivity index is 1.23. The van der Waals surface area contributed by atoms with Crippen LogP contribution < -0.4 is 14.5 Å². The summed E-state index contributed by atoms with van der Waals surface area (Å²) in [6.45, 7) is 1.68. The Morgan fingerprint density at radius 2 is 1.82 bits per heavy atom. The summed E-state index contributed by atoms with van der Waals surface area (Å²) >= 11 is 0. The number of hydrogen-bond donors (Lipinski definition) is 2. The van der Waals surface area contributed by atoms with Gasteiger partial charge in [0.15, 0.2) is 0 Å². The van der Waals surface area contributed by atoms with Crippen molar-refractivity contribution in [3.63, 3.8) is 0 Å². The highest BCUT2D eigenvalue weighted by Gasteiger charge is 2.29. The van der Waals surface area contributed by atoms with Gasteiger partial charge in [0.25, 0.3) is 15.9 Å². The minimum absolute atomic E-state index is 0.0496. The molecule has 10 nitrogen and oxygen atoms in total.